The summed E-state index contributed by atoms with van der Waals surface area (Å²) in [5, 5.41) is 8.93. The van der Waals surface area contributed by atoms with E-state index in [-0.39, 0.29) is 24.0 Å². The fourth-order valence-electron chi connectivity index (χ4n) is 2.87. The van der Waals surface area contributed by atoms with Crippen LogP contribution in [0.25, 0.3) is 0 Å². The van der Waals surface area contributed by atoms with E-state index in [1.54, 1.807) is 0 Å². The second-order valence-corrected chi connectivity index (χ2v) is 6.55. The highest BCUT2D eigenvalue weighted by Gasteiger charge is 2.26. The topological polar surface area (TPSA) is 72.6 Å². The van der Waals surface area contributed by atoms with Gasteiger partial charge >= 0.3 is 5.97 Å². The van der Waals surface area contributed by atoms with Crippen LogP contribution in [0.5, 0.6) is 5.75 Å². The predicted octanol–water partition coefficient (Wildman–Crippen LogP) is 2.90. The van der Waals surface area contributed by atoms with Crippen LogP contribution in [0.15, 0.2) is 18.2 Å². The summed E-state index contributed by atoms with van der Waals surface area (Å²) in [6.07, 6.45) is 1.91. The molecule has 1 aliphatic rings. The molecule has 0 aromatic heterocycles. The van der Waals surface area contributed by atoms with Gasteiger partial charge in [-0.05, 0) is 36.0 Å². The Balaban J connectivity index is 2.08. The van der Waals surface area contributed by atoms with Crippen LogP contribution in [-0.2, 0) is 11.2 Å². The molecule has 0 fully saturated rings. The van der Waals surface area contributed by atoms with E-state index in [0.29, 0.717) is 6.42 Å². The lowest BCUT2D eigenvalue weighted by atomic mass is 9.81. The molecule has 1 aliphatic heterocycles. The second kappa shape index (κ2) is 5.44. The number of carboxylic acid groups (broad SMARTS) is 1. The standard InChI is InChI=1S/C16H23NO3/c1-10-6-12-7-11(4-5-14(12)20-10)13(17)8-16(2,3)9-15(18)19/h4-5,7,10,13H,6,8-9,17H2,1-3H3,(H,18,19). The van der Waals surface area contributed by atoms with Crippen LogP contribution in [-0.4, -0.2) is 17.2 Å². The molecular formula is C16H23NO3. The van der Waals surface area contributed by atoms with Crippen LogP contribution in [0, 0.1) is 5.41 Å². The number of ether oxygens (including phenoxy) is 1. The third-order valence-corrected chi connectivity index (χ3v) is 3.75. The van der Waals surface area contributed by atoms with Gasteiger partial charge in [0.15, 0.2) is 0 Å². The molecule has 3 N–H and O–H groups in total. The van der Waals surface area contributed by atoms with Crippen LogP contribution < -0.4 is 10.5 Å². The molecule has 0 radical (unpaired) electrons. The molecule has 0 spiro atoms. The first-order chi connectivity index (χ1) is 9.27. The molecule has 1 aromatic rings. The fraction of sp³-hybridized carbons (Fsp3) is 0.562. The zero-order chi connectivity index (χ0) is 14.9. The summed E-state index contributed by atoms with van der Waals surface area (Å²) in [6, 6.07) is 5.90. The molecule has 4 nitrogen and oxygen atoms in total. The van der Waals surface area contributed by atoms with Gasteiger partial charge in [0, 0.05) is 12.5 Å². The maximum Gasteiger partial charge on any atom is 0.303 e. The number of carbonyl (C=O) groups is 1. The van der Waals surface area contributed by atoms with E-state index in [1.807, 2.05) is 26.0 Å². The van der Waals surface area contributed by atoms with Crippen LogP contribution in [0.2, 0.25) is 0 Å². The van der Waals surface area contributed by atoms with Gasteiger partial charge < -0.3 is 15.6 Å². The average Bonchev–Trinajstić information content (AvgIpc) is 2.64. The van der Waals surface area contributed by atoms with E-state index in [0.717, 1.165) is 17.7 Å². The van der Waals surface area contributed by atoms with Crippen molar-refractivity contribution in [1.82, 2.24) is 0 Å². The van der Waals surface area contributed by atoms with Crippen LogP contribution >= 0.6 is 0 Å². The van der Waals surface area contributed by atoms with Gasteiger partial charge in [0.05, 0.1) is 6.42 Å². The summed E-state index contributed by atoms with van der Waals surface area (Å²) < 4.78 is 5.68. The lowest BCUT2D eigenvalue weighted by Crippen LogP contribution is -2.24. The molecule has 0 aliphatic carbocycles. The lowest BCUT2D eigenvalue weighted by Gasteiger charge is -2.26. The molecule has 2 unspecified atom stereocenters. The number of fused-ring (bicyclic) bond motifs is 1. The first-order valence-corrected chi connectivity index (χ1v) is 7.04. The smallest absolute Gasteiger partial charge is 0.303 e. The highest BCUT2D eigenvalue weighted by molar-refractivity contribution is 5.67. The number of rotatable bonds is 5. The zero-order valence-corrected chi connectivity index (χ0v) is 12.3. The van der Waals surface area contributed by atoms with E-state index in [2.05, 4.69) is 13.0 Å². The van der Waals surface area contributed by atoms with Crippen LogP contribution in [0.1, 0.15) is 50.8 Å². The highest BCUT2D eigenvalue weighted by Crippen LogP contribution is 2.35. The molecule has 2 atom stereocenters. The molecule has 4 heteroatoms. The average molecular weight is 277 g/mol. The van der Waals surface area contributed by atoms with Gasteiger partial charge in [-0.15, -0.1) is 0 Å². The van der Waals surface area contributed by atoms with E-state index in [1.165, 1.54) is 5.56 Å². The first kappa shape index (κ1) is 14.9. The van der Waals surface area contributed by atoms with Crippen molar-refractivity contribution in [2.75, 3.05) is 0 Å². The Morgan fingerprint density at radius 1 is 1.55 bits per heavy atom. The fourth-order valence-corrected chi connectivity index (χ4v) is 2.87. The van der Waals surface area contributed by atoms with Gasteiger partial charge in [-0.2, -0.15) is 0 Å². The van der Waals surface area contributed by atoms with Crippen LogP contribution in [0.3, 0.4) is 0 Å². The Hall–Kier alpha value is -1.55. The van der Waals surface area contributed by atoms with Crippen molar-refractivity contribution in [3.05, 3.63) is 29.3 Å². The summed E-state index contributed by atoms with van der Waals surface area (Å²) in [5.74, 6) is 0.164. The normalized spacial score (nSPS) is 19.3. The summed E-state index contributed by atoms with van der Waals surface area (Å²) in [7, 11) is 0. The van der Waals surface area contributed by atoms with Gasteiger partial charge in [0.25, 0.3) is 0 Å². The molecule has 0 amide bonds. The molecule has 20 heavy (non-hydrogen) atoms. The molecule has 110 valence electrons. The van der Waals surface area contributed by atoms with Crippen molar-refractivity contribution >= 4 is 5.97 Å². The van der Waals surface area contributed by atoms with Gasteiger partial charge in [-0.1, -0.05) is 26.0 Å². The Bertz CT molecular complexity index is 510. The van der Waals surface area contributed by atoms with Crippen molar-refractivity contribution < 1.29 is 14.6 Å². The summed E-state index contributed by atoms with van der Waals surface area (Å²) >= 11 is 0. The SMILES string of the molecule is CC1Cc2cc(C(N)CC(C)(C)CC(=O)O)ccc2O1. The Labute approximate surface area is 119 Å². The van der Waals surface area contributed by atoms with Crippen molar-refractivity contribution in [3.8, 4) is 5.75 Å². The van der Waals surface area contributed by atoms with Gasteiger partial charge in [0.1, 0.15) is 11.9 Å². The maximum absolute atomic E-state index is 10.9. The van der Waals surface area contributed by atoms with Crippen molar-refractivity contribution in [3.63, 3.8) is 0 Å². The Morgan fingerprint density at radius 3 is 2.90 bits per heavy atom. The minimum atomic E-state index is -0.779. The summed E-state index contributed by atoms with van der Waals surface area (Å²) in [4.78, 5) is 10.9. The quantitative estimate of drug-likeness (QED) is 0.868. The minimum Gasteiger partial charge on any atom is -0.490 e. The number of carboxylic acids is 1. The van der Waals surface area contributed by atoms with E-state index < -0.39 is 5.97 Å². The third kappa shape index (κ3) is 3.51. The summed E-state index contributed by atoms with van der Waals surface area (Å²) in [5.41, 5.74) is 8.19. The summed E-state index contributed by atoms with van der Waals surface area (Å²) in [6.45, 7) is 5.94. The molecule has 0 saturated carbocycles. The Morgan fingerprint density at radius 2 is 2.25 bits per heavy atom. The molecule has 0 saturated heterocycles. The van der Waals surface area contributed by atoms with E-state index >= 15 is 0 Å². The van der Waals surface area contributed by atoms with Crippen LogP contribution in [0.4, 0.5) is 0 Å². The van der Waals surface area contributed by atoms with Crippen molar-refractivity contribution in [2.24, 2.45) is 11.1 Å². The second-order valence-electron chi connectivity index (χ2n) is 6.55. The monoisotopic (exact) mass is 277 g/mol. The van der Waals surface area contributed by atoms with E-state index in [9.17, 15) is 4.79 Å². The molecule has 0 bridgehead atoms. The minimum absolute atomic E-state index is 0.131. The number of hydrogen-bond acceptors (Lipinski definition) is 3. The highest BCUT2D eigenvalue weighted by atomic mass is 16.5. The molecule has 2 rings (SSSR count). The number of hydrogen-bond donors (Lipinski definition) is 2. The van der Waals surface area contributed by atoms with Gasteiger partial charge in [-0.25, -0.2) is 0 Å². The van der Waals surface area contributed by atoms with Crippen molar-refractivity contribution in [1.29, 1.82) is 0 Å². The number of aliphatic carboxylic acids is 1. The first-order valence-electron chi connectivity index (χ1n) is 7.04. The largest absolute Gasteiger partial charge is 0.490 e. The van der Waals surface area contributed by atoms with Crippen molar-refractivity contribution in [2.45, 2.75) is 52.2 Å². The van der Waals surface area contributed by atoms with Gasteiger partial charge in [-0.3, -0.25) is 4.79 Å². The van der Waals surface area contributed by atoms with E-state index in [4.69, 9.17) is 15.6 Å². The molecule has 1 aromatic carbocycles. The lowest BCUT2D eigenvalue weighted by molar-refractivity contribution is -0.139. The number of benzene rings is 1. The Kier molecular flexibility index (Phi) is 4.04. The molecular weight excluding hydrogens is 254 g/mol. The zero-order valence-electron chi connectivity index (χ0n) is 12.3. The van der Waals surface area contributed by atoms with Gasteiger partial charge in [0.2, 0.25) is 0 Å². The maximum atomic E-state index is 10.9. The number of nitrogens with two attached hydrogens (primary N) is 1. The third-order valence-electron chi connectivity index (χ3n) is 3.75. The molecule has 1 heterocycles. The predicted molar refractivity (Wildman–Crippen MR) is 77.8 cm³/mol.